The summed E-state index contributed by atoms with van der Waals surface area (Å²) in [7, 11) is 2.16. The predicted molar refractivity (Wildman–Crippen MR) is 159 cm³/mol. The van der Waals surface area contributed by atoms with Crippen molar-refractivity contribution in [3.8, 4) is 11.1 Å². The van der Waals surface area contributed by atoms with Gasteiger partial charge in [-0.3, -0.25) is 4.79 Å². The second kappa shape index (κ2) is 10.9. The van der Waals surface area contributed by atoms with E-state index in [0.717, 1.165) is 48.6 Å². The molecule has 0 bridgehead atoms. The minimum absolute atomic E-state index is 0.160. The molecule has 0 aliphatic carbocycles. The summed E-state index contributed by atoms with van der Waals surface area (Å²) in [5.41, 5.74) is 5.24. The average Bonchev–Trinajstić information content (AvgIpc) is 2.97. The predicted octanol–water partition coefficient (Wildman–Crippen LogP) is 5.66. The molecule has 1 N–H and O–H groups in total. The maximum absolute atomic E-state index is 13.5. The Bertz CT molecular complexity index is 1660. The van der Waals surface area contributed by atoms with Crippen molar-refractivity contribution < 1.29 is 0 Å². The lowest BCUT2D eigenvalue weighted by Gasteiger charge is -2.34. The van der Waals surface area contributed by atoms with Crippen molar-refractivity contribution in [2.75, 3.05) is 43.4 Å². The molecular formula is C31H29ClN6O. The number of piperazine rings is 1. The summed E-state index contributed by atoms with van der Waals surface area (Å²) in [6.07, 6.45) is 3.48. The topological polar surface area (TPSA) is 66.3 Å². The molecule has 1 aliphatic rings. The molecule has 8 heteroatoms. The van der Waals surface area contributed by atoms with Crippen molar-refractivity contribution in [2.45, 2.75) is 6.54 Å². The molecule has 3 aromatic carbocycles. The highest BCUT2D eigenvalue weighted by Gasteiger charge is 2.16. The summed E-state index contributed by atoms with van der Waals surface area (Å²) in [5.74, 6) is 0.440. The van der Waals surface area contributed by atoms with Gasteiger partial charge in [-0.25, -0.2) is 9.97 Å². The molecule has 2 aromatic heterocycles. The maximum atomic E-state index is 13.5. The molecule has 1 saturated heterocycles. The van der Waals surface area contributed by atoms with Crippen LogP contribution in [0.3, 0.4) is 0 Å². The number of rotatable bonds is 6. The van der Waals surface area contributed by atoms with Crippen LogP contribution < -0.4 is 15.8 Å². The summed E-state index contributed by atoms with van der Waals surface area (Å²) in [5, 5.41) is 4.40. The Labute approximate surface area is 232 Å². The highest BCUT2D eigenvalue weighted by molar-refractivity contribution is 6.31. The molecule has 39 heavy (non-hydrogen) atoms. The van der Waals surface area contributed by atoms with E-state index in [1.54, 1.807) is 10.8 Å². The largest absolute Gasteiger partial charge is 0.369 e. The fourth-order valence-corrected chi connectivity index (χ4v) is 5.14. The third kappa shape index (κ3) is 5.37. The molecule has 7 nitrogen and oxygen atoms in total. The van der Waals surface area contributed by atoms with Gasteiger partial charge in [0.1, 0.15) is 0 Å². The van der Waals surface area contributed by atoms with E-state index in [1.165, 1.54) is 5.69 Å². The number of anilines is 3. The zero-order valence-corrected chi connectivity index (χ0v) is 22.5. The van der Waals surface area contributed by atoms with Gasteiger partial charge in [-0.1, -0.05) is 60.1 Å². The Balaban J connectivity index is 1.34. The van der Waals surface area contributed by atoms with Crippen molar-refractivity contribution in [1.29, 1.82) is 0 Å². The Hall–Kier alpha value is -4.20. The van der Waals surface area contributed by atoms with Gasteiger partial charge in [-0.15, -0.1) is 0 Å². The SMILES string of the molecule is CN1CCN(c2ccc(Nc3ncc4c(=O)n(Cc5ccccc5Cl)cc(-c5ccccc5)c4n3)cc2)CC1. The minimum atomic E-state index is -0.160. The summed E-state index contributed by atoms with van der Waals surface area (Å²) < 4.78 is 1.68. The second-order valence-electron chi connectivity index (χ2n) is 9.85. The Kier molecular flexibility index (Phi) is 7.00. The number of benzene rings is 3. The van der Waals surface area contributed by atoms with Crippen LogP contribution in [0, 0.1) is 0 Å². The zero-order chi connectivity index (χ0) is 26.8. The van der Waals surface area contributed by atoms with Crippen LogP contribution in [0.1, 0.15) is 5.56 Å². The number of nitrogens with zero attached hydrogens (tertiary/aromatic N) is 5. The van der Waals surface area contributed by atoms with E-state index in [4.69, 9.17) is 16.6 Å². The summed E-state index contributed by atoms with van der Waals surface area (Å²) >= 11 is 6.41. The number of hydrogen-bond donors (Lipinski definition) is 1. The minimum Gasteiger partial charge on any atom is -0.369 e. The molecule has 1 aliphatic heterocycles. The number of likely N-dealkylation sites (N-methyl/N-ethyl adjacent to an activating group) is 1. The Morgan fingerprint density at radius 2 is 1.62 bits per heavy atom. The molecule has 0 saturated carbocycles. The van der Waals surface area contributed by atoms with Crippen LogP contribution in [-0.4, -0.2) is 52.7 Å². The smallest absolute Gasteiger partial charge is 0.261 e. The first-order valence-electron chi connectivity index (χ1n) is 13.0. The number of pyridine rings is 1. The second-order valence-corrected chi connectivity index (χ2v) is 10.3. The first-order valence-corrected chi connectivity index (χ1v) is 13.4. The van der Waals surface area contributed by atoms with Crippen molar-refractivity contribution in [3.63, 3.8) is 0 Å². The Morgan fingerprint density at radius 3 is 2.36 bits per heavy atom. The van der Waals surface area contributed by atoms with E-state index < -0.39 is 0 Å². The summed E-state index contributed by atoms with van der Waals surface area (Å²) in [6.45, 7) is 4.53. The fraction of sp³-hybridized carbons (Fsp3) is 0.194. The van der Waals surface area contributed by atoms with Crippen LogP contribution in [0.15, 0.2) is 96.1 Å². The van der Waals surface area contributed by atoms with E-state index in [2.05, 4.69) is 39.3 Å². The van der Waals surface area contributed by atoms with E-state index in [0.29, 0.717) is 28.4 Å². The molecule has 3 heterocycles. The highest BCUT2D eigenvalue weighted by atomic mass is 35.5. The van der Waals surface area contributed by atoms with E-state index in [-0.39, 0.29) is 5.56 Å². The van der Waals surface area contributed by atoms with Crippen molar-refractivity contribution >= 4 is 39.8 Å². The van der Waals surface area contributed by atoms with Crippen molar-refractivity contribution in [3.05, 3.63) is 112 Å². The first-order chi connectivity index (χ1) is 19.0. The van der Waals surface area contributed by atoms with Crippen molar-refractivity contribution in [2.24, 2.45) is 0 Å². The standard InChI is InChI=1S/C31H29ClN6O/c1-36-15-17-37(18-16-36)25-13-11-24(12-14-25)34-31-33-19-26-29(35-31)27(22-7-3-2-4-8-22)21-38(30(26)39)20-23-9-5-6-10-28(23)32/h2-14,19,21H,15-18,20H2,1H3,(H,33,34,35). The molecule has 0 spiro atoms. The van der Waals surface area contributed by atoms with Crippen molar-refractivity contribution in [1.82, 2.24) is 19.4 Å². The summed E-state index contributed by atoms with van der Waals surface area (Å²) in [4.78, 5) is 27.6. The lowest BCUT2D eigenvalue weighted by atomic mass is 10.0. The molecule has 1 fully saturated rings. The van der Waals surface area contributed by atoms with Crippen LogP contribution in [-0.2, 0) is 6.54 Å². The fourth-order valence-electron chi connectivity index (χ4n) is 4.94. The van der Waals surface area contributed by atoms with E-state index >= 15 is 0 Å². The van der Waals surface area contributed by atoms with Gasteiger partial charge in [-0.2, -0.15) is 0 Å². The van der Waals surface area contributed by atoms with Crippen LogP contribution in [0.2, 0.25) is 5.02 Å². The number of nitrogens with one attached hydrogen (secondary N) is 1. The molecule has 0 unspecified atom stereocenters. The molecule has 5 aromatic rings. The number of halogens is 1. The number of hydrogen-bond acceptors (Lipinski definition) is 6. The normalized spacial score (nSPS) is 14.1. The van der Waals surface area contributed by atoms with Crippen LogP contribution >= 0.6 is 11.6 Å². The maximum Gasteiger partial charge on any atom is 0.261 e. The summed E-state index contributed by atoms with van der Waals surface area (Å²) in [6, 6.07) is 25.9. The van der Waals surface area contributed by atoms with Gasteiger partial charge in [0.2, 0.25) is 5.95 Å². The monoisotopic (exact) mass is 536 g/mol. The van der Waals surface area contributed by atoms with Gasteiger partial charge in [-0.05, 0) is 48.5 Å². The lowest BCUT2D eigenvalue weighted by molar-refractivity contribution is 0.313. The quantitative estimate of drug-likeness (QED) is 0.302. The van der Waals surface area contributed by atoms with E-state index in [9.17, 15) is 4.79 Å². The lowest BCUT2D eigenvalue weighted by Crippen LogP contribution is -2.44. The van der Waals surface area contributed by atoms with E-state index in [1.807, 2.05) is 72.9 Å². The average molecular weight is 537 g/mol. The molecule has 0 radical (unpaired) electrons. The van der Waals surface area contributed by atoms with Gasteiger partial charge >= 0.3 is 0 Å². The number of fused-ring (bicyclic) bond motifs is 1. The van der Waals surface area contributed by atoms with Crippen LogP contribution in [0.4, 0.5) is 17.3 Å². The molecule has 0 atom stereocenters. The van der Waals surface area contributed by atoms with Gasteiger partial charge in [0.15, 0.2) is 0 Å². The van der Waals surface area contributed by atoms with Crippen LogP contribution in [0.25, 0.3) is 22.0 Å². The number of aromatic nitrogens is 3. The zero-order valence-electron chi connectivity index (χ0n) is 21.7. The molecular weight excluding hydrogens is 508 g/mol. The molecule has 0 amide bonds. The van der Waals surface area contributed by atoms with Gasteiger partial charge in [0, 0.05) is 60.5 Å². The van der Waals surface area contributed by atoms with Crippen LogP contribution in [0.5, 0.6) is 0 Å². The molecule has 196 valence electrons. The van der Waals surface area contributed by atoms with Gasteiger partial charge in [0.25, 0.3) is 5.56 Å². The van der Waals surface area contributed by atoms with Gasteiger partial charge < -0.3 is 19.7 Å². The first kappa shape index (κ1) is 25.1. The molecule has 6 rings (SSSR count). The third-order valence-corrected chi connectivity index (χ3v) is 7.56. The third-order valence-electron chi connectivity index (χ3n) is 7.20. The highest BCUT2D eigenvalue weighted by Crippen LogP contribution is 2.28. The Morgan fingerprint density at radius 1 is 0.897 bits per heavy atom. The van der Waals surface area contributed by atoms with Gasteiger partial charge in [0.05, 0.1) is 17.4 Å².